The number of hydrogen-bond acceptors (Lipinski definition) is 6. The van der Waals surface area contributed by atoms with Crippen LogP contribution in [0, 0.1) is 12.7 Å². The Labute approximate surface area is 175 Å². The average molecular weight is 428 g/mol. The molecule has 0 saturated carbocycles. The minimum absolute atomic E-state index is 0.232. The smallest absolute Gasteiger partial charge is 0.246 e. The summed E-state index contributed by atoms with van der Waals surface area (Å²) >= 11 is 0. The van der Waals surface area contributed by atoms with Crippen molar-refractivity contribution >= 4 is 27.5 Å². The molecular weight excluding hydrogens is 405 g/mol. The molecule has 0 spiro atoms. The van der Waals surface area contributed by atoms with E-state index < -0.39 is 15.8 Å². The van der Waals surface area contributed by atoms with Crippen molar-refractivity contribution in [1.29, 1.82) is 0 Å². The summed E-state index contributed by atoms with van der Waals surface area (Å²) in [7, 11) is -3.88. The Morgan fingerprint density at radius 2 is 1.60 bits per heavy atom. The third-order valence-electron chi connectivity index (χ3n) is 4.86. The number of para-hydroxylation sites is 1. The van der Waals surface area contributed by atoms with Crippen molar-refractivity contribution in [2.75, 3.05) is 36.4 Å². The van der Waals surface area contributed by atoms with Gasteiger partial charge < -0.3 is 10.2 Å². The van der Waals surface area contributed by atoms with Crippen molar-refractivity contribution in [2.45, 2.75) is 11.8 Å². The summed E-state index contributed by atoms with van der Waals surface area (Å²) in [5, 5.41) is 3.26. The number of anilines is 3. The van der Waals surface area contributed by atoms with Crippen LogP contribution in [0.5, 0.6) is 0 Å². The zero-order chi connectivity index (χ0) is 21.1. The van der Waals surface area contributed by atoms with Gasteiger partial charge in [-0.15, -0.1) is 0 Å². The molecule has 9 heteroatoms. The SMILES string of the molecule is Cc1cc(Nc2ccccc2)nc(N2CCN(S(=O)(=O)c3ccccc3F)CC2)n1. The number of nitrogens with one attached hydrogen (secondary N) is 1. The first-order valence-electron chi connectivity index (χ1n) is 9.61. The van der Waals surface area contributed by atoms with Gasteiger partial charge in [-0.2, -0.15) is 9.29 Å². The molecule has 1 aliphatic heterocycles. The Balaban J connectivity index is 1.48. The Morgan fingerprint density at radius 3 is 2.30 bits per heavy atom. The van der Waals surface area contributed by atoms with Crippen LogP contribution < -0.4 is 10.2 Å². The number of nitrogens with zero attached hydrogens (tertiary/aromatic N) is 4. The Kier molecular flexibility index (Phi) is 5.65. The zero-order valence-corrected chi connectivity index (χ0v) is 17.3. The Morgan fingerprint density at radius 1 is 0.933 bits per heavy atom. The van der Waals surface area contributed by atoms with Gasteiger partial charge in [-0.25, -0.2) is 17.8 Å². The molecule has 1 saturated heterocycles. The molecule has 4 rings (SSSR count). The van der Waals surface area contributed by atoms with Crippen LogP contribution in [0.15, 0.2) is 65.6 Å². The van der Waals surface area contributed by atoms with Crippen molar-refractivity contribution in [3.05, 3.63) is 72.2 Å². The van der Waals surface area contributed by atoms with Gasteiger partial charge in [-0.05, 0) is 31.2 Å². The predicted octanol–water partition coefficient (Wildman–Crippen LogP) is 3.18. The van der Waals surface area contributed by atoms with E-state index in [1.165, 1.54) is 22.5 Å². The molecule has 1 aromatic heterocycles. The lowest BCUT2D eigenvalue weighted by Crippen LogP contribution is -2.49. The van der Waals surface area contributed by atoms with Gasteiger partial charge >= 0.3 is 0 Å². The third-order valence-corrected chi connectivity index (χ3v) is 6.80. The normalized spacial score (nSPS) is 15.2. The van der Waals surface area contributed by atoms with Gasteiger partial charge in [0.1, 0.15) is 16.5 Å². The Bertz CT molecular complexity index is 1130. The molecule has 1 N–H and O–H groups in total. The first kappa shape index (κ1) is 20.2. The van der Waals surface area contributed by atoms with E-state index in [0.717, 1.165) is 17.4 Å². The van der Waals surface area contributed by atoms with Crippen LogP contribution in [0.1, 0.15) is 5.69 Å². The first-order valence-corrected chi connectivity index (χ1v) is 11.0. The van der Waals surface area contributed by atoms with Gasteiger partial charge in [-0.3, -0.25) is 0 Å². The molecule has 0 unspecified atom stereocenters. The molecule has 2 heterocycles. The molecule has 30 heavy (non-hydrogen) atoms. The molecule has 2 aromatic carbocycles. The van der Waals surface area contributed by atoms with Gasteiger partial charge in [0, 0.05) is 43.6 Å². The largest absolute Gasteiger partial charge is 0.340 e. The summed E-state index contributed by atoms with van der Waals surface area (Å²) in [6, 6.07) is 17.0. The summed E-state index contributed by atoms with van der Waals surface area (Å²) in [6.07, 6.45) is 0. The van der Waals surface area contributed by atoms with Gasteiger partial charge in [0.05, 0.1) is 0 Å². The van der Waals surface area contributed by atoms with E-state index in [1.807, 2.05) is 48.2 Å². The van der Waals surface area contributed by atoms with Crippen LogP contribution in [-0.2, 0) is 10.0 Å². The van der Waals surface area contributed by atoms with E-state index in [2.05, 4.69) is 15.3 Å². The lowest BCUT2D eigenvalue weighted by molar-refractivity contribution is 0.380. The Hall–Kier alpha value is -3.04. The average Bonchev–Trinajstić information content (AvgIpc) is 2.74. The molecule has 0 amide bonds. The fourth-order valence-electron chi connectivity index (χ4n) is 3.35. The molecule has 7 nitrogen and oxygen atoms in total. The van der Waals surface area contributed by atoms with Gasteiger partial charge in [0.25, 0.3) is 0 Å². The highest BCUT2D eigenvalue weighted by Gasteiger charge is 2.31. The molecule has 0 aliphatic carbocycles. The number of sulfonamides is 1. The topological polar surface area (TPSA) is 78.4 Å². The fourth-order valence-corrected chi connectivity index (χ4v) is 4.84. The number of aryl methyl sites for hydroxylation is 1. The molecule has 0 atom stereocenters. The van der Waals surface area contributed by atoms with Crippen LogP contribution in [-0.4, -0.2) is 48.9 Å². The zero-order valence-electron chi connectivity index (χ0n) is 16.5. The van der Waals surface area contributed by atoms with E-state index in [4.69, 9.17) is 0 Å². The third kappa shape index (κ3) is 4.27. The summed E-state index contributed by atoms with van der Waals surface area (Å²) in [5.41, 5.74) is 1.72. The van der Waals surface area contributed by atoms with E-state index in [9.17, 15) is 12.8 Å². The van der Waals surface area contributed by atoms with Crippen molar-refractivity contribution in [3.8, 4) is 0 Å². The minimum Gasteiger partial charge on any atom is -0.340 e. The number of aromatic nitrogens is 2. The second-order valence-corrected chi connectivity index (χ2v) is 8.91. The van der Waals surface area contributed by atoms with E-state index in [0.29, 0.717) is 24.9 Å². The van der Waals surface area contributed by atoms with Crippen LogP contribution in [0.4, 0.5) is 21.8 Å². The number of rotatable bonds is 5. The maximum absolute atomic E-state index is 14.0. The number of halogens is 1. The first-order chi connectivity index (χ1) is 14.4. The summed E-state index contributed by atoms with van der Waals surface area (Å²) in [6.45, 7) is 3.19. The van der Waals surface area contributed by atoms with Crippen molar-refractivity contribution < 1.29 is 12.8 Å². The highest BCUT2D eigenvalue weighted by Crippen LogP contribution is 2.23. The number of benzene rings is 2. The maximum Gasteiger partial charge on any atom is 0.246 e. The molecule has 0 radical (unpaired) electrons. The molecule has 156 valence electrons. The van der Waals surface area contributed by atoms with Gasteiger partial charge in [0.2, 0.25) is 16.0 Å². The molecule has 1 fully saturated rings. The standard InChI is InChI=1S/C21H22FN5O2S/c1-16-15-20(24-17-7-3-2-4-8-17)25-21(23-16)26-11-13-27(14-12-26)30(28,29)19-10-6-5-9-18(19)22/h2-10,15H,11-14H2,1H3,(H,23,24,25). The second-order valence-electron chi connectivity index (χ2n) is 7.01. The highest BCUT2D eigenvalue weighted by atomic mass is 32.2. The minimum atomic E-state index is -3.88. The molecule has 0 bridgehead atoms. The van der Waals surface area contributed by atoms with Crippen molar-refractivity contribution in [3.63, 3.8) is 0 Å². The second kappa shape index (κ2) is 8.37. The predicted molar refractivity (Wildman–Crippen MR) is 114 cm³/mol. The van der Waals surface area contributed by atoms with Gasteiger partial charge in [-0.1, -0.05) is 30.3 Å². The van der Waals surface area contributed by atoms with Crippen LogP contribution >= 0.6 is 0 Å². The number of hydrogen-bond donors (Lipinski definition) is 1. The maximum atomic E-state index is 14.0. The quantitative estimate of drug-likeness (QED) is 0.674. The summed E-state index contributed by atoms with van der Waals surface area (Å²) < 4.78 is 40.9. The van der Waals surface area contributed by atoms with Crippen LogP contribution in [0.2, 0.25) is 0 Å². The van der Waals surface area contributed by atoms with Gasteiger partial charge in [0.15, 0.2) is 0 Å². The van der Waals surface area contributed by atoms with Crippen molar-refractivity contribution in [1.82, 2.24) is 14.3 Å². The van der Waals surface area contributed by atoms with E-state index in [1.54, 1.807) is 0 Å². The molecule has 1 aliphatic rings. The molecular formula is C21H22FN5O2S. The summed E-state index contributed by atoms with van der Waals surface area (Å²) in [4.78, 5) is 10.7. The monoisotopic (exact) mass is 427 g/mol. The van der Waals surface area contributed by atoms with E-state index >= 15 is 0 Å². The summed E-state index contributed by atoms with van der Waals surface area (Å²) in [5.74, 6) is 0.472. The fraction of sp³-hybridized carbons (Fsp3) is 0.238. The van der Waals surface area contributed by atoms with Crippen LogP contribution in [0.25, 0.3) is 0 Å². The van der Waals surface area contributed by atoms with Crippen LogP contribution in [0.3, 0.4) is 0 Å². The lowest BCUT2D eigenvalue weighted by atomic mass is 10.3. The lowest BCUT2D eigenvalue weighted by Gasteiger charge is -2.34. The highest BCUT2D eigenvalue weighted by molar-refractivity contribution is 7.89. The number of piperazine rings is 1. The molecule has 3 aromatic rings. The van der Waals surface area contributed by atoms with E-state index in [-0.39, 0.29) is 18.0 Å². The van der Waals surface area contributed by atoms with Crippen molar-refractivity contribution in [2.24, 2.45) is 0 Å².